The fraction of sp³-hybridized carbons (Fsp3) is 0.480. The zero-order chi connectivity index (χ0) is 25.3. The molecule has 0 spiro atoms. The van der Waals surface area contributed by atoms with E-state index < -0.39 is 30.1 Å². The molecule has 0 aliphatic carbocycles. The number of cyclic esters (lactones) is 1. The minimum absolute atomic E-state index is 0.0388. The number of carbonyl (C=O) groups is 2. The second kappa shape index (κ2) is 12.9. The van der Waals surface area contributed by atoms with E-state index in [0.717, 1.165) is 6.54 Å². The van der Waals surface area contributed by atoms with Crippen molar-refractivity contribution in [1.29, 1.82) is 0 Å². The Morgan fingerprint density at radius 2 is 1.97 bits per heavy atom. The molecule has 34 heavy (non-hydrogen) atoms. The molecule has 1 aromatic rings. The second-order valence-corrected chi connectivity index (χ2v) is 8.14. The predicted molar refractivity (Wildman–Crippen MR) is 129 cm³/mol. The van der Waals surface area contributed by atoms with Gasteiger partial charge in [-0.2, -0.15) is 0 Å². The first-order valence-corrected chi connectivity index (χ1v) is 11.3. The van der Waals surface area contributed by atoms with E-state index in [1.807, 2.05) is 11.8 Å². The van der Waals surface area contributed by atoms with Crippen molar-refractivity contribution in [3.05, 3.63) is 41.5 Å². The first-order chi connectivity index (χ1) is 16.2. The summed E-state index contributed by atoms with van der Waals surface area (Å²) < 4.78 is 11.3. The van der Waals surface area contributed by atoms with E-state index in [0.29, 0.717) is 24.5 Å². The van der Waals surface area contributed by atoms with Gasteiger partial charge in [-0.05, 0) is 38.0 Å². The van der Waals surface area contributed by atoms with Crippen molar-refractivity contribution in [3.63, 3.8) is 0 Å². The summed E-state index contributed by atoms with van der Waals surface area (Å²) in [6.07, 6.45) is 3.86. The number of ether oxygens (including phenoxy) is 2. The molecule has 186 valence electrons. The second-order valence-electron chi connectivity index (χ2n) is 8.14. The van der Waals surface area contributed by atoms with E-state index in [2.05, 4.69) is 4.99 Å². The maximum Gasteiger partial charge on any atom is 0.342 e. The summed E-state index contributed by atoms with van der Waals surface area (Å²) in [5.74, 6) is -1.66. The molecule has 1 aliphatic rings. The number of likely N-dealkylation sites (N-methyl/N-ethyl adjacent to an activating group) is 1. The molecule has 1 aromatic carbocycles. The molecule has 2 rings (SSSR count). The average Bonchev–Trinajstić information content (AvgIpc) is 2.80. The van der Waals surface area contributed by atoms with E-state index in [1.54, 1.807) is 33.3 Å². The van der Waals surface area contributed by atoms with Crippen molar-refractivity contribution in [2.24, 2.45) is 10.9 Å². The molecule has 0 unspecified atom stereocenters. The lowest BCUT2D eigenvalue weighted by molar-refractivity contribution is -0.127. The number of phenolic OH excluding ortho intramolecular Hbond substituents is 1. The lowest BCUT2D eigenvalue weighted by Crippen LogP contribution is -2.32. The Balaban J connectivity index is 2.36. The number of rotatable bonds is 6. The van der Waals surface area contributed by atoms with Gasteiger partial charge in [0.15, 0.2) is 5.78 Å². The Kier molecular flexibility index (Phi) is 10.3. The highest BCUT2D eigenvalue weighted by molar-refractivity contribution is 5.97. The molecule has 0 saturated heterocycles. The van der Waals surface area contributed by atoms with Gasteiger partial charge in [-0.25, -0.2) is 4.79 Å². The minimum atomic E-state index is -1.58. The lowest BCUT2D eigenvalue weighted by Gasteiger charge is -2.20. The molecule has 0 saturated carbocycles. The summed E-state index contributed by atoms with van der Waals surface area (Å²) in [7, 11) is 1.68. The van der Waals surface area contributed by atoms with Crippen LogP contribution in [0.2, 0.25) is 0 Å². The molecule has 9 heteroatoms. The van der Waals surface area contributed by atoms with E-state index in [-0.39, 0.29) is 23.7 Å². The Hall–Kier alpha value is -3.17. The Morgan fingerprint density at radius 1 is 1.24 bits per heavy atom. The van der Waals surface area contributed by atoms with Gasteiger partial charge in [0.2, 0.25) is 0 Å². The summed E-state index contributed by atoms with van der Waals surface area (Å²) in [5.41, 5.74) is 0.283. The normalized spacial score (nSPS) is 25.8. The quantitative estimate of drug-likeness (QED) is 0.325. The van der Waals surface area contributed by atoms with Gasteiger partial charge < -0.3 is 29.7 Å². The number of phenols is 1. The van der Waals surface area contributed by atoms with Crippen LogP contribution in [0.4, 0.5) is 0 Å². The van der Waals surface area contributed by atoms with Crippen LogP contribution in [0, 0.1) is 5.92 Å². The smallest absolute Gasteiger partial charge is 0.342 e. The Morgan fingerprint density at radius 3 is 2.65 bits per heavy atom. The first kappa shape index (κ1) is 27.1. The SMILES string of the molecule is CCN(C=NC)CCOc1cc(O)c2c(c1)/C=C/C[C@H](O)[C@H](O)C(=O)/C=C\[C@@H](C)[C@H](C)OC2=O. The summed E-state index contributed by atoms with van der Waals surface area (Å²) in [6.45, 7) is 7.05. The molecule has 0 amide bonds. The standard InChI is InChI=1S/C25H34N2O7/c1-5-27(15-26-4)11-12-33-19-13-18-7-6-8-20(28)24(31)21(29)10-9-16(2)17(3)34-25(32)23(18)22(30)14-19/h6-7,9-10,13-17,20,24,28,30-31H,5,8,11-12H2,1-4H3/b7-6+,10-9-,26-15?/t16-,17+,20+,24+/m1/s1. The molecule has 0 bridgehead atoms. The molecule has 0 radical (unpaired) electrons. The fourth-order valence-electron chi connectivity index (χ4n) is 3.29. The zero-order valence-electron chi connectivity index (χ0n) is 20.0. The van der Waals surface area contributed by atoms with Crippen LogP contribution < -0.4 is 4.74 Å². The molecule has 3 N–H and O–H groups in total. The Bertz CT molecular complexity index is 941. The largest absolute Gasteiger partial charge is 0.507 e. The third-order valence-corrected chi connectivity index (χ3v) is 5.59. The highest BCUT2D eigenvalue weighted by Gasteiger charge is 2.25. The zero-order valence-corrected chi connectivity index (χ0v) is 20.0. The van der Waals surface area contributed by atoms with E-state index in [1.165, 1.54) is 30.4 Å². The molecular weight excluding hydrogens is 440 g/mol. The maximum absolute atomic E-state index is 12.9. The number of benzene rings is 1. The topological polar surface area (TPSA) is 129 Å². The van der Waals surface area contributed by atoms with Gasteiger partial charge in [0, 0.05) is 25.6 Å². The number of ketones is 1. The van der Waals surface area contributed by atoms with Gasteiger partial charge in [-0.1, -0.05) is 25.2 Å². The fourth-order valence-corrected chi connectivity index (χ4v) is 3.29. The molecule has 1 heterocycles. The third kappa shape index (κ3) is 7.43. The van der Waals surface area contributed by atoms with E-state index in [9.17, 15) is 24.9 Å². The molecule has 1 aliphatic heterocycles. The number of aliphatic hydroxyl groups excluding tert-OH is 2. The number of hydrogen-bond acceptors (Lipinski definition) is 8. The average molecular weight is 475 g/mol. The molecule has 9 nitrogen and oxygen atoms in total. The van der Waals surface area contributed by atoms with Crippen LogP contribution in [0.15, 0.2) is 35.4 Å². The van der Waals surface area contributed by atoms with Crippen LogP contribution >= 0.6 is 0 Å². The van der Waals surface area contributed by atoms with Gasteiger partial charge in [-0.3, -0.25) is 9.79 Å². The summed E-state index contributed by atoms with van der Waals surface area (Å²) in [5, 5.41) is 30.9. The van der Waals surface area contributed by atoms with Crippen molar-refractivity contribution in [3.8, 4) is 11.5 Å². The van der Waals surface area contributed by atoms with Crippen molar-refractivity contribution in [2.75, 3.05) is 26.7 Å². The highest BCUT2D eigenvalue weighted by atomic mass is 16.5. The van der Waals surface area contributed by atoms with Crippen molar-refractivity contribution < 1.29 is 34.4 Å². The number of aromatic hydroxyl groups is 1. The van der Waals surface area contributed by atoms with Crippen LogP contribution in [0.25, 0.3) is 6.08 Å². The monoisotopic (exact) mass is 474 g/mol. The van der Waals surface area contributed by atoms with Crippen molar-refractivity contribution >= 4 is 24.2 Å². The number of nitrogens with zero attached hydrogens (tertiary/aromatic N) is 2. The lowest BCUT2D eigenvalue weighted by atomic mass is 9.99. The van der Waals surface area contributed by atoms with Gasteiger partial charge in [0.05, 0.1) is 19.0 Å². The molecular formula is C25H34N2O7. The number of aliphatic hydroxyl groups is 2. The third-order valence-electron chi connectivity index (χ3n) is 5.59. The summed E-state index contributed by atoms with van der Waals surface area (Å²) in [4.78, 5) is 31.0. The first-order valence-electron chi connectivity index (χ1n) is 11.3. The van der Waals surface area contributed by atoms with Crippen LogP contribution in [0.5, 0.6) is 11.5 Å². The van der Waals surface area contributed by atoms with E-state index in [4.69, 9.17) is 9.47 Å². The number of aliphatic imine (C=N–C) groups is 1. The van der Waals surface area contributed by atoms with E-state index >= 15 is 0 Å². The van der Waals surface area contributed by atoms with Gasteiger partial charge in [-0.15, -0.1) is 0 Å². The molecule has 0 fully saturated rings. The van der Waals surface area contributed by atoms with Gasteiger partial charge in [0.1, 0.15) is 35.9 Å². The van der Waals surface area contributed by atoms with Crippen LogP contribution in [0.1, 0.15) is 43.1 Å². The molecule has 4 atom stereocenters. The predicted octanol–water partition coefficient (Wildman–Crippen LogP) is 2.20. The summed E-state index contributed by atoms with van der Waals surface area (Å²) >= 11 is 0. The maximum atomic E-state index is 12.9. The van der Waals surface area contributed by atoms with Crippen molar-refractivity contribution in [1.82, 2.24) is 4.90 Å². The minimum Gasteiger partial charge on any atom is -0.507 e. The van der Waals surface area contributed by atoms with Crippen LogP contribution in [-0.2, 0) is 9.53 Å². The molecule has 0 aromatic heterocycles. The van der Waals surface area contributed by atoms with Gasteiger partial charge in [0.25, 0.3) is 0 Å². The van der Waals surface area contributed by atoms with Gasteiger partial charge >= 0.3 is 5.97 Å². The highest BCUT2D eigenvalue weighted by Crippen LogP contribution is 2.31. The number of carbonyl (C=O) groups excluding carboxylic acids is 2. The van der Waals surface area contributed by atoms with Crippen LogP contribution in [0.3, 0.4) is 0 Å². The van der Waals surface area contributed by atoms with Crippen LogP contribution in [-0.4, -0.2) is 83.4 Å². The summed E-state index contributed by atoms with van der Waals surface area (Å²) in [6, 6.07) is 2.94. The van der Waals surface area contributed by atoms with Crippen molar-refractivity contribution in [2.45, 2.75) is 45.5 Å². The number of fused-ring (bicyclic) bond motifs is 1. The number of esters is 1. The number of hydrogen-bond donors (Lipinski definition) is 3. The Labute approximate surface area is 200 Å².